The maximum absolute atomic E-state index is 4.67. The fourth-order valence-corrected chi connectivity index (χ4v) is 2.28. The summed E-state index contributed by atoms with van der Waals surface area (Å²) in [6.45, 7) is 11.7. The van der Waals surface area contributed by atoms with Crippen molar-refractivity contribution in [3.63, 3.8) is 0 Å². The molecule has 1 aromatic rings. The van der Waals surface area contributed by atoms with Gasteiger partial charge in [-0.15, -0.1) is 0 Å². The predicted octanol–water partition coefficient (Wildman–Crippen LogP) is 2.93. The second-order valence-corrected chi connectivity index (χ2v) is 4.93. The largest absolute Gasteiger partial charge is 0.319 e. The molecule has 96 valence electrons. The standard InChI is InChI=1S/C14H25N3/c1-7-9(2)14-16-11(4)13(12(5)17-14)10(3)8-15-6/h9-10,15H,7-8H2,1-6H3. The molecule has 0 bridgehead atoms. The second kappa shape index (κ2) is 6.10. The maximum atomic E-state index is 4.67. The van der Waals surface area contributed by atoms with E-state index in [1.54, 1.807) is 0 Å². The Kier molecular flexibility index (Phi) is 5.06. The van der Waals surface area contributed by atoms with Crippen molar-refractivity contribution in [3.05, 3.63) is 22.8 Å². The molecule has 1 N–H and O–H groups in total. The zero-order chi connectivity index (χ0) is 13.0. The zero-order valence-corrected chi connectivity index (χ0v) is 12.0. The van der Waals surface area contributed by atoms with E-state index in [-0.39, 0.29) is 0 Å². The molecule has 0 aliphatic carbocycles. The van der Waals surface area contributed by atoms with Crippen LogP contribution in [0.1, 0.15) is 61.8 Å². The molecule has 0 amide bonds. The van der Waals surface area contributed by atoms with Crippen molar-refractivity contribution >= 4 is 0 Å². The molecule has 1 rings (SSSR count). The molecule has 3 heteroatoms. The van der Waals surface area contributed by atoms with E-state index in [4.69, 9.17) is 0 Å². The van der Waals surface area contributed by atoms with E-state index in [2.05, 4.69) is 49.9 Å². The molecule has 0 aliphatic heterocycles. The van der Waals surface area contributed by atoms with Gasteiger partial charge in [-0.3, -0.25) is 0 Å². The third kappa shape index (κ3) is 3.25. The van der Waals surface area contributed by atoms with Crippen LogP contribution in [-0.4, -0.2) is 23.6 Å². The first-order chi connectivity index (χ1) is 8.01. The average molecular weight is 235 g/mol. The molecule has 0 saturated heterocycles. The lowest BCUT2D eigenvalue weighted by atomic mass is 9.97. The van der Waals surface area contributed by atoms with Crippen molar-refractivity contribution < 1.29 is 0 Å². The first-order valence-electron chi connectivity index (χ1n) is 6.50. The van der Waals surface area contributed by atoms with Crippen LogP contribution in [0.4, 0.5) is 0 Å². The number of nitrogens with one attached hydrogen (secondary N) is 1. The highest BCUT2D eigenvalue weighted by molar-refractivity contribution is 5.28. The Labute approximate surface area is 105 Å². The van der Waals surface area contributed by atoms with Crippen LogP contribution in [0.5, 0.6) is 0 Å². The number of hydrogen-bond acceptors (Lipinski definition) is 3. The third-order valence-electron chi connectivity index (χ3n) is 3.40. The molecule has 2 atom stereocenters. The van der Waals surface area contributed by atoms with Crippen LogP contribution in [-0.2, 0) is 0 Å². The SMILES string of the molecule is CCC(C)c1nc(C)c(C(C)CNC)c(C)n1. The van der Waals surface area contributed by atoms with Gasteiger partial charge in [-0.05, 0) is 38.8 Å². The van der Waals surface area contributed by atoms with Gasteiger partial charge < -0.3 is 5.32 Å². The van der Waals surface area contributed by atoms with Gasteiger partial charge in [0.2, 0.25) is 0 Å². The average Bonchev–Trinajstić information content (AvgIpc) is 2.27. The van der Waals surface area contributed by atoms with E-state index >= 15 is 0 Å². The van der Waals surface area contributed by atoms with Crippen molar-refractivity contribution in [3.8, 4) is 0 Å². The topological polar surface area (TPSA) is 37.8 Å². The summed E-state index contributed by atoms with van der Waals surface area (Å²) in [5.41, 5.74) is 3.57. The van der Waals surface area contributed by atoms with Crippen LogP contribution in [0.25, 0.3) is 0 Å². The first-order valence-corrected chi connectivity index (χ1v) is 6.50. The summed E-state index contributed by atoms with van der Waals surface area (Å²) >= 11 is 0. The molecule has 0 aromatic carbocycles. The highest BCUT2D eigenvalue weighted by Gasteiger charge is 2.16. The van der Waals surface area contributed by atoms with E-state index < -0.39 is 0 Å². The minimum Gasteiger partial charge on any atom is -0.319 e. The van der Waals surface area contributed by atoms with Crippen LogP contribution in [0, 0.1) is 13.8 Å². The molecule has 0 aliphatic rings. The molecular formula is C14H25N3. The van der Waals surface area contributed by atoms with E-state index in [9.17, 15) is 0 Å². The maximum Gasteiger partial charge on any atom is 0.131 e. The lowest BCUT2D eigenvalue weighted by molar-refractivity contribution is 0.635. The van der Waals surface area contributed by atoms with Gasteiger partial charge in [0.25, 0.3) is 0 Å². The Hall–Kier alpha value is -0.960. The summed E-state index contributed by atoms with van der Waals surface area (Å²) < 4.78 is 0. The fourth-order valence-electron chi connectivity index (χ4n) is 2.28. The van der Waals surface area contributed by atoms with Gasteiger partial charge in [-0.1, -0.05) is 20.8 Å². The van der Waals surface area contributed by atoms with Gasteiger partial charge in [0.15, 0.2) is 0 Å². The number of aromatic nitrogens is 2. The van der Waals surface area contributed by atoms with Gasteiger partial charge in [-0.25, -0.2) is 9.97 Å². The Morgan fingerprint density at radius 1 is 1.06 bits per heavy atom. The van der Waals surface area contributed by atoms with E-state index in [0.29, 0.717) is 11.8 Å². The van der Waals surface area contributed by atoms with Crippen LogP contribution >= 0.6 is 0 Å². The van der Waals surface area contributed by atoms with Crippen molar-refractivity contribution in [2.24, 2.45) is 0 Å². The summed E-state index contributed by atoms with van der Waals surface area (Å²) in [4.78, 5) is 9.34. The summed E-state index contributed by atoms with van der Waals surface area (Å²) in [6, 6.07) is 0. The Bertz CT molecular complexity index is 351. The third-order valence-corrected chi connectivity index (χ3v) is 3.40. The minimum atomic E-state index is 0.445. The Morgan fingerprint density at radius 2 is 1.59 bits per heavy atom. The van der Waals surface area contributed by atoms with Gasteiger partial charge in [-0.2, -0.15) is 0 Å². The number of hydrogen-bond donors (Lipinski definition) is 1. The van der Waals surface area contributed by atoms with Crippen LogP contribution in [0.3, 0.4) is 0 Å². The second-order valence-electron chi connectivity index (χ2n) is 4.93. The number of aryl methyl sites for hydroxylation is 2. The summed E-state index contributed by atoms with van der Waals surface area (Å²) in [7, 11) is 1.98. The highest BCUT2D eigenvalue weighted by Crippen LogP contribution is 2.23. The summed E-state index contributed by atoms with van der Waals surface area (Å²) in [6.07, 6.45) is 1.09. The molecular weight excluding hydrogens is 210 g/mol. The predicted molar refractivity (Wildman–Crippen MR) is 72.6 cm³/mol. The van der Waals surface area contributed by atoms with E-state index in [1.165, 1.54) is 5.56 Å². The molecule has 3 nitrogen and oxygen atoms in total. The molecule has 1 heterocycles. The quantitative estimate of drug-likeness (QED) is 0.852. The van der Waals surface area contributed by atoms with Gasteiger partial charge >= 0.3 is 0 Å². The van der Waals surface area contributed by atoms with Crippen LogP contribution in [0.2, 0.25) is 0 Å². The van der Waals surface area contributed by atoms with Crippen LogP contribution in [0.15, 0.2) is 0 Å². The van der Waals surface area contributed by atoms with Crippen LogP contribution < -0.4 is 5.32 Å². The van der Waals surface area contributed by atoms with Gasteiger partial charge in [0.1, 0.15) is 5.82 Å². The number of rotatable bonds is 5. The number of likely N-dealkylation sites (N-methyl/N-ethyl adjacent to an activating group) is 1. The lowest BCUT2D eigenvalue weighted by Crippen LogP contribution is -2.18. The van der Waals surface area contributed by atoms with E-state index in [1.807, 2.05) is 7.05 Å². The van der Waals surface area contributed by atoms with Crippen molar-refractivity contribution in [2.45, 2.75) is 52.9 Å². The Balaban J connectivity index is 3.10. The fraction of sp³-hybridized carbons (Fsp3) is 0.714. The molecule has 0 radical (unpaired) electrons. The monoisotopic (exact) mass is 235 g/mol. The molecule has 17 heavy (non-hydrogen) atoms. The van der Waals surface area contributed by atoms with Crippen molar-refractivity contribution in [2.75, 3.05) is 13.6 Å². The smallest absolute Gasteiger partial charge is 0.131 e. The zero-order valence-electron chi connectivity index (χ0n) is 12.0. The first kappa shape index (κ1) is 14.1. The normalized spacial score (nSPS) is 14.7. The lowest BCUT2D eigenvalue weighted by Gasteiger charge is -2.18. The van der Waals surface area contributed by atoms with Crippen molar-refractivity contribution in [1.82, 2.24) is 15.3 Å². The van der Waals surface area contributed by atoms with E-state index in [0.717, 1.165) is 30.2 Å². The number of nitrogens with zero attached hydrogens (tertiary/aromatic N) is 2. The summed E-state index contributed by atoms with van der Waals surface area (Å²) in [5, 5.41) is 3.21. The highest BCUT2D eigenvalue weighted by atomic mass is 14.9. The molecule has 1 aromatic heterocycles. The molecule has 2 unspecified atom stereocenters. The molecule has 0 spiro atoms. The minimum absolute atomic E-state index is 0.445. The van der Waals surface area contributed by atoms with Crippen molar-refractivity contribution in [1.29, 1.82) is 0 Å². The van der Waals surface area contributed by atoms with Gasteiger partial charge in [0.05, 0.1) is 0 Å². The Morgan fingerprint density at radius 3 is 2.00 bits per heavy atom. The molecule has 0 saturated carbocycles. The summed E-state index contributed by atoms with van der Waals surface area (Å²) in [5.74, 6) is 1.90. The molecule has 0 fully saturated rings. The van der Waals surface area contributed by atoms with Gasteiger partial charge in [0, 0.05) is 23.9 Å².